The topological polar surface area (TPSA) is 53.1 Å². The van der Waals surface area contributed by atoms with Crippen molar-refractivity contribution in [2.75, 3.05) is 5.73 Å². The Morgan fingerprint density at radius 1 is 1.27 bits per heavy atom. The number of hydrogen-bond acceptors (Lipinski definition) is 3. The van der Waals surface area contributed by atoms with Gasteiger partial charge in [0.15, 0.2) is 5.69 Å². The first kappa shape index (κ1) is 16.1. The number of nitrogen functional groups attached to an aromatic ring is 1. The van der Waals surface area contributed by atoms with Crippen LogP contribution in [0.25, 0.3) is 0 Å². The van der Waals surface area contributed by atoms with E-state index >= 15 is 0 Å². The lowest BCUT2D eigenvalue weighted by molar-refractivity contribution is -0.141. The molecular formula is C13H12F5N3O. The van der Waals surface area contributed by atoms with Crippen molar-refractivity contribution < 1.29 is 26.7 Å². The van der Waals surface area contributed by atoms with Gasteiger partial charge in [-0.25, -0.2) is 4.68 Å². The molecule has 0 saturated heterocycles. The number of hydrogen-bond donors (Lipinski definition) is 1. The first-order valence-corrected chi connectivity index (χ1v) is 6.11. The molecule has 120 valence electrons. The number of benzene rings is 1. The molecule has 22 heavy (non-hydrogen) atoms. The van der Waals surface area contributed by atoms with Crippen molar-refractivity contribution in [2.24, 2.45) is 0 Å². The smallest absolute Gasteiger partial charge is 0.417 e. The molecule has 0 spiro atoms. The van der Waals surface area contributed by atoms with Crippen LogP contribution >= 0.6 is 0 Å². The number of nitrogens with two attached hydrogens (primary N) is 1. The molecule has 0 radical (unpaired) electrons. The van der Waals surface area contributed by atoms with Crippen LogP contribution in [0.1, 0.15) is 16.8 Å². The molecule has 0 amide bonds. The number of ether oxygens (including phenoxy) is 1. The molecule has 1 aromatic carbocycles. The molecule has 2 N–H and O–H groups in total. The molecule has 9 heteroatoms. The van der Waals surface area contributed by atoms with Crippen molar-refractivity contribution in [1.29, 1.82) is 0 Å². The average molecular weight is 321 g/mol. The summed E-state index contributed by atoms with van der Waals surface area (Å²) in [6.45, 7) is -1.68. The summed E-state index contributed by atoms with van der Waals surface area (Å²) in [6.07, 6.45) is -4.75. The molecule has 2 aromatic rings. The van der Waals surface area contributed by atoms with Gasteiger partial charge in [0.25, 0.3) is 0 Å². The number of alkyl halides is 5. The normalized spacial score (nSPS) is 12.0. The highest BCUT2D eigenvalue weighted by atomic mass is 19.4. The summed E-state index contributed by atoms with van der Waals surface area (Å²) in [7, 11) is 0. The van der Waals surface area contributed by atoms with Crippen LogP contribution in [0.5, 0.6) is 5.88 Å². The van der Waals surface area contributed by atoms with Crippen molar-refractivity contribution >= 4 is 5.69 Å². The molecule has 0 fully saturated rings. The lowest BCUT2D eigenvalue weighted by Crippen LogP contribution is -2.11. The van der Waals surface area contributed by atoms with Gasteiger partial charge in [-0.3, -0.25) is 0 Å². The number of halogens is 5. The van der Waals surface area contributed by atoms with Gasteiger partial charge in [-0.15, -0.1) is 0 Å². The summed E-state index contributed by atoms with van der Waals surface area (Å²) in [5, 5.41) is 3.28. The fourth-order valence-electron chi connectivity index (χ4n) is 1.85. The average Bonchev–Trinajstić information content (AvgIpc) is 2.76. The maximum Gasteiger partial charge on any atom is 0.435 e. The standard InChI is InChI=1S/C13H12F5N3O/c1-7-4-8(2-3-9(7)19)6-21-11(22-12(14)15)5-10(20-21)13(16,17)18/h2-5,12H,6,19H2,1H3. The SMILES string of the molecule is Cc1cc(Cn2nc(C(F)(F)F)cc2OC(F)F)ccc1N. The second kappa shape index (κ2) is 5.82. The van der Waals surface area contributed by atoms with E-state index in [-0.39, 0.29) is 6.54 Å². The van der Waals surface area contributed by atoms with Crippen LogP contribution in [-0.4, -0.2) is 16.4 Å². The molecule has 4 nitrogen and oxygen atoms in total. The van der Waals surface area contributed by atoms with E-state index in [2.05, 4.69) is 9.84 Å². The van der Waals surface area contributed by atoms with E-state index in [1.165, 1.54) is 0 Å². The fourth-order valence-corrected chi connectivity index (χ4v) is 1.85. The highest BCUT2D eigenvalue weighted by Crippen LogP contribution is 2.31. The van der Waals surface area contributed by atoms with Gasteiger partial charge < -0.3 is 10.5 Å². The third-order valence-corrected chi connectivity index (χ3v) is 2.91. The number of aryl methyl sites for hydroxylation is 1. The van der Waals surface area contributed by atoms with E-state index in [1.807, 2.05) is 0 Å². The predicted molar refractivity (Wildman–Crippen MR) is 68.6 cm³/mol. The summed E-state index contributed by atoms with van der Waals surface area (Å²) in [6, 6.07) is 5.22. The van der Waals surface area contributed by atoms with E-state index in [0.717, 1.165) is 10.2 Å². The quantitative estimate of drug-likeness (QED) is 0.693. The van der Waals surface area contributed by atoms with Gasteiger partial charge in [-0.2, -0.15) is 27.1 Å². The van der Waals surface area contributed by atoms with Crippen molar-refractivity contribution in [3.63, 3.8) is 0 Å². The fraction of sp³-hybridized carbons (Fsp3) is 0.308. The van der Waals surface area contributed by atoms with Gasteiger partial charge >= 0.3 is 12.8 Å². The van der Waals surface area contributed by atoms with Gasteiger partial charge in [-0.1, -0.05) is 12.1 Å². The summed E-state index contributed by atoms with van der Waals surface area (Å²) in [4.78, 5) is 0. The van der Waals surface area contributed by atoms with E-state index < -0.39 is 24.4 Å². The van der Waals surface area contributed by atoms with Crippen molar-refractivity contribution in [1.82, 2.24) is 9.78 Å². The molecule has 0 unspecified atom stereocenters. The van der Waals surface area contributed by atoms with E-state index in [0.29, 0.717) is 17.3 Å². The minimum atomic E-state index is -4.75. The zero-order chi connectivity index (χ0) is 16.5. The van der Waals surface area contributed by atoms with E-state index in [9.17, 15) is 22.0 Å². The maximum absolute atomic E-state index is 12.6. The molecule has 0 bridgehead atoms. The second-order valence-corrected chi connectivity index (χ2v) is 4.59. The van der Waals surface area contributed by atoms with Crippen LogP contribution in [0.2, 0.25) is 0 Å². The zero-order valence-corrected chi connectivity index (χ0v) is 11.4. The van der Waals surface area contributed by atoms with E-state index in [4.69, 9.17) is 5.73 Å². The Hall–Kier alpha value is -2.32. The third-order valence-electron chi connectivity index (χ3n) is 2.91. The number of rotatable bonds is 4. The number of nitrogens with zero attached hydrogens (tertiary/aromatic N) is 2. The van der Waals surface area contributed by atoms with Crippen molar-refractivity contribution in [3.8, 4) is 5.88 Å². The van der Waals surface area contributed by atoms with Gasteiger partial charge in [0.05, 0.1) is 6.54 Å². The lowest BCUT2D eigenvalue weighted by Gasteiger charge is -2.09. The Balaban J connectivity index is 2.35. The minimum absolute atomic E-state index is 0.154. The maximum atomic E-state index is 12.6. The lowest BCUT2D eigenvalue weighted by atomic mass is 10.1. The van der Waals surface area contributed by atoms with Gasteiger partial charge in [-0.05, 0) is 24.1 Å². The monoisotopic (exact) mass is 321 g/mol. The number of anilines is 1. The minimum Gasteiger partial charge on any atom is -0.417 e. The Labute approximate surface area is 122 Å². The largest absolute Gasteiger partial charge is 0.435 e. The van der Waals surface area contributed by atoms with Gasteiger partial charge in [0.1, 0.15) is 0 Å². The van der Waals surface area contributed by atoms with Gasteiger partial charge in [0.2, 0.25) is 5.88 Å². The summed E-state index contributed by atoms with van der Waals surface area (Å²) in [5.74, 6) is -0.656. The first-order chi connectivity index (χ1) is 10.2. The van der Waals surface area contributed by atoms with Gasteiger partial charge in [0, 0.05) is 11.8 Å². The summed E-state index contributed by atoms with van der Waals surface area (Å²) in [5.41, 5.74) is 6.14. The van der Waals surface area contributed by atoms with Crippen LogP contribution < -0.4 is 10.5 Å². The molecule has 0 aliphatic rings. The molecular weight excluding hydrogens is 309 g/mol. The number of aromatic nitrogens is 2. The Morgan fingerprint density at radius 3 is 2.50 bits per heavy atom. The Kier molecular flexibility index (Phi) is 4.25. The second-order valence-electron chi connectivity index (χ2n) is 4.59. The summed E-state index contributed by atoms with van der Waals surface area (Å²) < 4.78 is 67.3. The molecule has 1 aromatic heterocycles. The molecule has 1 heterocycles. The molecule has 2 rings (SSSR count). The van der Waals surface area contributed by atoms with Crippen LogP contribution in [0.4, 0.5) is 27.6 Å². The molecule has 0 aliphatic carbocycles. The molecule has 0 atom stereocenters. The highest BCUT2D eigenvalue weighted by Gasteiger charge is 2.35. The molecule has 0 saturated carbocycles. The summed E-state index contributed by atoms with van der Waals surface area (Å²) >= 11 is 0. The first-order valence-electron chi connectivity index (χ1n) is 6.11. The highest BCUT2D eigenvalue weighted by molar-refractivity contribution is 5.47. The van der Waals surface area contributed by atoms with Crippen LogP contribution in [0.3, 0.4) is 0 Å². The predicted octanol–water partition coefficient (Wildman–Crippen LogP) is 3.44. The van der Waals surface area contributed by atoms with Crippen LogP contribution in [0, 0.1) is 6.92 Å². The van der Waals surface area contributed by atoms with Crippen molar-refractivity contribution in [2.45, 2.75) is 26.3 Å². The van der Waals surface area contributed by atoms with Crippen LogP contribution in [-0.2, 0) is 12.7 Å². The third kappa shape index (κ3) is 3.66. The van der Waals surface area contributed by atoms with Crippen molar-refractivity contribution in [3.05, 3.63) is 41.1 Å². The van der Waals surface area contributed by atoms with Crippen LogP contribution in [0.15, 0.2) is 24.3 Å². The molecule has 0 aliphatic heterocycles. The Bertz CT molecular complexity index is 666. The Morgan fingerprint density at radius 2 is 1.95 bits per heavy atom. The van der Waals surface area contributed by atoms with E-state index in [1.54, 1.807) is 25.1 Å². The zero-order valence-electron chi connectivity index (χ0n) is 11.4.